The van der Waals surface area contributed by atoms with Crippen molar-refractivity contribution in [1.82, 2.24) is 0 Å². The summed E-state index contributed by atoms with van der Waals surface area (Å²) in [5.41, 5.74) is 0. The number of esters is 3. The predicted octanol–water partition coefficient (Wildman–Crippen LogP) is 24.4. The van der Waals surface area contributed by atoms with E-state index in [-0.39, 0.29) is 31.1 Å². The minimum Gasteiger partial charge on any atom is -0.462 e. The summed E-state index contributed by atoms with van der Waals surface area (Å²) >= 11 is 0. The Kier molecular flexibility index (Phi) is 66.6. The first-order chi connectivity index (χ1) is 40.0. The largest absolute Gasteiger partial charge is 0.462 e. The monoisotopic (exact) mass is 1130 g/mol. The summed E-state index contributed by atoms with van der Waals surface area (Å²) in [5, 5.41) is 0. The first-order valence-electron chi connectivity index (χ1n) is 35.4. The van der Waals surface area contributed by atoms with Gasteiger partial charge in [-0.1, -0.05) is 351 Å². The van der Waals surface area contributed by atoms with Gasteiger partial charge in [-0.15, -0.1) is 0 Å². The SMILES string of the molecule is CC/C=C\C/C=C\C/C=C\C/C=C\C/C=C\C/C=C\CCCCCCCCCCCCCCCCC(=O)OCC(COC(=O)CCCCCCCCCCCCCC)OC(=O)CCCCCCCCCCCCCCCCCCCC. The average Bonchev–Trinajstić information content (AvgIpc) is 3.47. The number of carbonyl (C=O) groups is 3. The van der Waals surface area contributed by atoms with Crippen LogP contribution in [0.3, 0.4) is 0 Å². The van der Waals surface area contributed by atoms with Crippen molar-refractivity contribution >= 4 is 17.9 Å². The molecule has 0 aromatic rings. The molecule has 0 aliphatic heterocycles. The Morgan fingerprint density at radius 3 is 0.753 bits per heavy atom. The molecule has 0 spiro atoms. The van der Waals surface area contributed by atoms with E-state index in [9.17, 15) is 14.4 Å². The number of unbranched alkanes of at least 4 members (excludes halogenated alkanes) is 42. The van der Waals surface area contributed by atoms with Crippen LogP contribution < -0.4 is 0 Å². The number of ether oxygens (including phenoxy) is 3. The molecular formula is C75H134O6. The van der Waals surface area contributed by atoms with Crippen molar-refractivity contribution in [3.63, 3.8) is 0 Å². The van der Waals surface area contributed by atoms with E-state index in [1.807, 2.05) is 0 Å². The Labute approximate surface area is 503 Å². The van der Waals surface area contributed by atoms with E-state index < -0.39 is 6.10 Å². The molecular weight excluding hydrogens is 997 g/mol. The average molecular weight is 1130 g/mol. The van der Waals surface area contributed by atoms with Gasteiger partial charge in [-0.05, 0) is 70.6 Å². The Morgan fingerprint density at radius 1 is 0.259 bits per heavy atom. The predicted molar refractivity (Wildman–Crippen MR) is 353 cm³/mol. The molecule has 0 aliphatic rings. The van der Waals surface area contributed by atoms with Crippen LogP contribution in [-0.4, -0.2) is 37.2 Å². The highest BCUT2D eigenvalue weighted by Gasteiger charge is 2.19. The van der Waals surface area contributed by atoms with Gasteiger partial charge in [0, 0.05) is 19.3 Å². The van der Waals surface area contributed by atoms with Crippen LogP contribution in [0.4, 0.5) is 0 Å². The van der Waals surface area contributed by atoms with Crippen molar-refractivity contribution in [3.8, 4) is 0 Å². The quantitative estimate of drug-likeness (QED) is 0.0261. The lowest BCUT2D eigenvalue weighted by Gasteiger charge is -2.18. The van der Waals surface area contributed by atoms with Crippen LogP contribution in [-0.2, 0) is 28.6 Å². The van der Waals surface area contributed by atoms with Gasteiger partial charge in [-0.25, -0.2) is 0 Å². The third-order valence-corrected chi connectivity index (χ3v) is 15.7. The number of hydrogen-bond donors (Lipinski definition) is 0. The second kappa shape index (κ2) is 69.3. The van der Waals surface area contributed by atoms with E-state index in [4.69, 9.17) is 14.2 Å². The maximum Gasteiger partial charge on any atom is 0.306 e. The molecule has 0 rings (SSSR count). The summed E-state index contributed by atoms with van der Waals surface area (Å²) in [6, 6.07) is 0. The number of hydrogen-bond acceptors (Lipinski definition) is 6. The third-order valence-electron chi connectivity index (χ3n) is 15.7. The Morgan fingerprint density at radius 2 is 0.481 bits per heavy atom. The van der Waals surface area contributed by atoms with Gasteiger partial charge in [0.15, 0.2) is 6.10 Å². The highest BCUT2D eigenvalue weighted by atomic mass is 16.6. The van der Waals surface area contributed by atoms with Crippen molar-refractivity contribution < 1.29 is 28.6 Å². The first kappa shape index (κ1) is 77.9. The fourth-order valence-electron chi connectivity index (χ4n) is 10.5. The number of carbonyl (C=O) groups excluding carboxylic acids is 3. The maximum absolute atomic E-state index is 12.9. The van der Waals surface area contributed by atoms with Crippen molar-refractivity contribution in [2.24, 2.45) is 0 Å². The van der Waals surface area contributed by atoms with Gasteiger partial charge in [0.2, 0.25) is 0 Å². The zero-order chi connectivity index (χ0) is 58.5. The molecule has 0 saturated carbocycles. The first-order valence-corrected chi connectivity index (χ1v) is 35.4. The lowest BCUT2D eigenvalue weighted by atomic mass is 10.0. The molecule has 0 N–H and O–H groups in total. The molecule has 0 aliphatic carbocycles. The molecule has 0 fully saturated rings. The topological polar surface area (TPSA) is 78.9 Å². The standard InChI is InChI=1S/C75H134O6/c1-4-7-10-13-16-19-22-25-27-29-31-32-33-34-35-36-37-38-39-40-41-42-43-44-45-47-48-50-53-56-59-62-65-68-74(77)80-71-72(70-79-73(76)67-64-61-58-55-52-24-21-18-15-12-9-6-3)81-75(78)69-66-63-60-57-54-51-49-46-30-28-26-23-20-17-14-11-8-5-2/h7,10,16,19,25,27,31-32,34-35,37-38,72H,4-6,8-9,11-15,17-18,20-24,26,28-30,33,36,39-71H2,1-3H3/b10-7-,19-16-,27-25-,32-31-,35-34-,38-37-. The molecule has 1 atom stereocenters. The normalized spacial score (nSPS) is 12.5. The Hall–Kier alpha value is -3.15. The molecule has 6 heteroatoms. The summed E-state index contributed by atoms with van der Waals surface area (Å²) in [7, 11) is 0. The van der Waals surface area contributed by atoms with Crippen molar-refractivity contribution in [1.29, 1.82) is 0 Å². The lowest BCUT2D eigenvalue weighted by Crippen LogP contribution is -2.30. The smallest absolute Gasteiger partial charge is 0.306 e. The van der Waals surface area contributed by atoms with Crippen LogP contribution in [0, 0.1) is 0 Å². The molecule has 81 heavy (non-hydrogen) atoms. The van der Waals surface area contributed by atoms with Crippen LogP contribution in [0.2, 0.25) is 0 Å². The minimum absolute atomic E-state index is 0.0679. The van der Waals surface area contributed by atoms with E-state index in [0.717, 1.165) is 96.3 Å². The fourth-order valence-corrected chi connectivity index (χ4v) is 10.5. The summed E-state index contributed by atoms with van der Waals surface area (Å²) in [4.78, 5) is 38.4. The van der Waals surface area contributed by atoms with Crippen molar-refractivity contribution in [2.45, 2.75) is 374 Å². The molecule has 0 bridgehead atoms. The van der Waals surface area contributed by atoms with Crippen LogP contribution in [0.5, 0.6) is 0 Å². The van der Waals surface area contributed by atoms with Gasteiger partial charge >= 0.3 is 17.9 Å². The van der Waals surface area contributed by atoms with E-state index >= 15 is 0 Å². The zero-order valence-electron chi connectivity index (χ0n) is 54.1. The van der Waals surface area contributed by atoms with E-state index in [0.29, 0.717) is 19.3 Å². The van der Waals surface area contributed by atoms with Gasteiger partial charge < -0.3 is 14.2 Å². The molecule has 0 saturated heterocycles. The third kappa shape index (κ3) is 67.5. The molecule has 1 unspecified atom stereocenters. The fraction of sp³-hybridized carbons (Fsp3) is 0.800. The molecule has 0 heterocycles. The highest BCUT2D eigenvalue weighted by molar-refractivity contribution is 5.71. The summed E-state index contributed by atoms with van der Waals surface area (Å²) in [6.07, 6.45) is 90.8. The molecule has 0 aromatic heterocycles. The van der Waals surface area contributed by atoms with E-state index in [2.05, 4.69) is 93.7 Å². The zero-order valence-corrected chi connectivity index (χ0v) is 54.1. The van der Waals surface area contributed by atoms with Crippen LogP contribution >= 0.6 is 0 Å². The van der Waals surface area contributed by atoms with E-state index in [1.54, 1.807) is 0 Å². The van der Waals surface area contributed by atoms with Gasteiger partial charge in [0.1, 0.15) is 13.2 Å². The highest BCUT2D eigenvalue weighted by Crippen LogP contribution is 2.18. The summed E-state index contributed by atoms with van der Waals surface area (Å²) in [5.74, 6) is -0.844. The molecule has 6 nitrogen and oxygen atoms in total. The second-order valence-corrected chi connectivity index (χ2v) is 23.8. The van der Waals surface area contributed by atoms with Crippen molar-refractivity contribution in [3.05, 3.63) is 72.9 Å². The van der Waals surface area contributed by atoms with Gasteiger partial charge in [0.05, 0.1) is 0 Å². The van der Waals surface area contributed by atoms with Crippen LogP contribution in [0.15, 0.2) is 72.9 Å². The maximum atomic E-state index is 12.9. The number of rotatable bonds is 65. The Balaban J connectivity index is 4.16. The summed E-state index contributed by atoms with van der Waals surface area (Å²) < 4.78 is 17.0. The van der Waals surface area contributed by atoms with Crippen molar-refractivity contribution in [2.75, 3.05) is 13.2 Å². The minimum atomic E-state index is -0.771. The molecule has 0 radical (unpaired) electrons. The number of allylic oxidation sites excluding steroid dienone is 12. The second-order valence-electron chi connectivity index (χ2n) is 23.8. The molecule has 470 valence electrons. The lowest BCUT2D eigenvalue weighted by molar-refractivity contribution is -0.167. The molecule has 0 aromatic carbocycles. The van der Waals surface area contributed by atoms with Crippen LogP contribution in [0.25, 0.3) is 0 Å². The van der Waals surface area contributed by atoms with Crippen LogP contribution in [0.1, 0.15) is 367 Å². The van der Waals surface area contributed by atoms with Gasteiger partial charge in [-0.3, -0.25) is 14.4 Å². The summed E-state index contributed by atoms with van der Waals surface area (Å²) in [6.45, 7) is 6.58. The molecule has 0 amide bonds. The Bertz CT molecular complexity index is 1490. The van der Waals surface area contributed by atoms with Gasteiger partial charge in [-0.2, -0.15) is 0 Å². The van der Waals surface area contributed by atoms with Gasteiger partial charge in [0.25, 0.3) is 0 Å². The van der Waals surface area contributed by atoms with E-state index in [1.165, 1.54) is 231 Å².